The zero-order valence-electron chi connectivity index (χ0n) is 12.2. The third-order valence-corrected chi connectivity index (χ3v) is 3.01. The fraction of sp³-hybridized carbons (Fsp3) is 0.167. The van der Waals surface area contributed by atoms with Gasteiger partial charge in [0.25, 0.3) is 0 Å². The van der Waals surface area contributed by atoms with Gasteiger partial charge in [0.15, 0.2) is 0 Å². The van der Waals surface area contributed by atoms with Crippen LogP contribution in [-0.4, -0.2) is 19.7 Å². The fourth-order valence-corrected chi connectivity index (χ4v) is 1.95. The first-order valence-electron chi connectivity index (χ1n) is 6.83. The van der Waals surface area contributed by atoms with E-state index in [-0.39, 0.29) is 5.97 Å². The molecule has 0 aromatic heterocycles. The average Bonchev–Trinajstić information content (AvgIpc) is 2.54. The lowest BCUT2D eigenvalue weighted by Gasteiger charge is -2.08. The second kappa shape index (κ2) is 7.29. The fourth-order valence-electron chi connectivity index (χ4n) is 1.95. The number of methoxy groups -OCH3 is 1. The van der Waals surface area contributed by atoms with E-state index in [9.17, 15) is 4.79 Å². The number of hydrogen-bond acceptors (Lipinski definition) is 3. The minimum Gasteiger partial charge on any atom is -0.497 e. The highest BCUT2D eigenvalue weighted by atomic mass is 16.5. The van der Waals surface area contributed by atoms with Crippen LogP contribution in [0.25, 0.3) is 11.6 Å². The Labute approximate surface area is 124 Å². The molecule has 3 nitrogen and oxygen atoms in total. The Kier molecular flexibility index (Phi) is 5.16. The number of hydrogen-bond donors (Lipinski definition) is 0. The first-order chi connectivity index (χ1) is 10.2. The first-order valence-corrected chi connectivity index (χ1v) is 6.83. The highest BCUT2D eigenvalue weighted by molar-refractivity contribution is 6.21. The van der Waals surface area contributed by atoms with Gasteiger partial charge in [-0.05, 0) is 36.3 Å². The van der Waals surface area contributed by atoms with Gasteiger partial charge in [-0.3, -0.25) is 0 Å². The summed E-state index contributed by atoms with van der Waals surface area (Å²) in [7, 11) is 1.62. The van der Waals surface area contributed by atoms with Crippen molar-refractivity contribution in [2.75, 3.05) is 13.7 Å². The Hall–Kier alpha value is -2.55. The molecular formula is C18H18O3. The molecule has 0 fully saturated rings. The third-order valence-electron chi connectivity index (χ3n) is 3.01. The van der Waals surface area contributed by atoms with E-state index < -0.39 is 0 Å². The summed E-state index contributed by atoms with van der Waals surface area (Å²) in [5.41, 5.74) is 2.30. The molecule has 0 amide bonds. The lowest BCUT2D eigenvalue weighted by Crippen LogP contribution is -2.06. The topological polar surface area (TPSA) is 35.5 Å². The van der Waals surface area contributed by atoms with Crippen LogP contribution in [0.3, 0.4) is 0 Å². The van der Waals surface area contributed by atoms with Crippen LogP contribution in [0.2, 0.25) is 0 Å². The van der Waals surface area contributed by atoms with Crippen molar-refractivity contribution in [1.82, 2.24) is 0 Å². The van der Waals surface area contributed by atoms with E-state index in [1.807, 2.05) is 60.7 Å². The van der Waals surface area contributed by atoms with Crippen molar-refractivity contribution in [2.24, 2.45) is 0 Å². The van der Waals surface area contributed by atoms with Gasteiger partial charge in [-0.25, -0.2) is 4.79 Å². The Morgan fingerprint density at radius 3 is 2.29 bits per heavy atom. The van der Waals surface area contributed by atoms with Crippen molar-refractivity contribution >= 4 is 17.6 Å². The zero-order valence-corrected chi connectivity index (χ0v) is 12.2. The number of carbonyl (C=O) groups is 1. The molecule has 0 bridgehead atoms. The quantitative estimate of drug-likeness (QED) is 0.475. The van der Waals surface area contributed by atoms with E-state index >= 15 is 0 Å². The second-order valence-corrected chi connectivity index (χ2v) is 4.42. The first kappa shape index (κ1) is 14.9. The molecule has 0 atom stereocenters. The van der Waals surface area contributed by atoms with Gasteiger partial charge in [-0.1, -0.05) is 42.5 Å². The summed E-state index contributed by atoms with van der Waals surface area (Å²) < 4.78 is 10.3. The van der Waals surface area contributed by atoms with Gasteiger partial charge in [0, 0.05) is 0 Å². The van der Waals surface area contributed by atoms with Crippen LogP contribution in [0.4, 0.5) is 0 Å². The largest absolute Gasteiger partial charge is 0.497 e. The summed E-state index contributed by atoms with van der Waals surface area (Å²) in [6.07, 6.45) is 1.83. The summed E-state index contributed by atoms with van der Waals surface area (Å²) in [6.45, 7) is 2.15. The van der Waals surface area contributed by atoms with Crippen molar-refractivity contribution in [1.29, 1.82) is 0 Å². The lowest BCUT2D eigenvalue weighted by atomic mass is 10.0. The highest BCUT2D eigenvalue weighted by Crippen LogP contribution is 2.21. The Bertz CT molecular complexity index is 613. The molecule has 3 heteroatoms. The number of ether oxygens (including phenoxy) is 2. The summed E-state index contributed by atoms with van der Waals surface area (Å²) in [4.78, 5) is 12.2. The molecule has 0 radical (unpaired) electrons. The van der Waals surface area contributed by atoms with Crippen LogP contribution in [0.1, 0.15) is 18.1 Å². The molecule has 0 spiro atoms. The molecule has 2 rings (SSSR count). The predicted octanol–water partition coefficient (Wildman–Crippen LogP) is 3.80. The van der Waals surface area contributed by atoms with Crippen LogP contribution in [0.5, 0.6) is 5.75 Å². The monoisotopic (exact) mass is 282 g/mol. The van der Waals surface area contributed by atoms with Gasteiger partial charge in [0.05, 0.1) is 19.3 Å². The number of benzene rings is 2. The van der Waals surface area contributed by atoms with Gasteiger partial charge in [-0.15, -0.1) is 0 Å². The standard InChI is InChI=1S/C18H18O3/c1-3-21-18(19)17(15-7-5-4-6-8-15)13-14-9-11-16(20-2)12-10-14/h4-13H,3H2,1-2H3/b17-13+. The van der Waals surface area contributed by atoms with Crippen molar-refractivity contribution < 1.29 is 14.3 Å². The second-order valence-electron chi connectivity index (χ2n) is 4.42. The van der Waals surface area contributed by atoms with Crippen LogP contribution in [0.15, 0.2) is 54.6 Å². The van der Waals surface area contributed by atoms with Gasteiger partial charge >= 0.3 is 5.97 Å². The van der Waals surface area contributed by atoms with E-state index in [4.69, 9.17) is 9.47 Å². The van der Waals surface area contributed by atoms with Crippen molar-refractivity contribution in [3.63, 3.8) is 0 Å². The molecule has 2 aromatic rings. The van der Waals surface area contributed by atoms with E-state index in [0.717, 1.165) is 16.9 Å². The van der Waals surface area contributed by atoms with Crippen LogP contribution >= 0.6 is 0 Å². The summed E-state index contributed by atoms with van der Waals surface area (Å²) in [6, 6.07) is 17.0. The molecule has 0 aliphatic heterocycles. The maximum Gasteiger partial charge on any atom is 0.338 e. The smallest absolute Gasteiger partial charge is 0.338 e. The number of rotatable bonds is 5. The van der Waals surface area contributed by atoms with Crippen molar-refractivity contribution in [2.45, 2.75) is 6.92 Å². The van der Waals surface area contributed by atoms with Gasteiger partial charge in [0.1, 0.15) is 5.75 Å². The molecule has 0 heterocycles. The normalized spacial score (nSPS) is 11.0. The van der Waals surface area contributed by atoms with Gasteiger partial charge < -0.3 is 9.47 Å². The van der Waals surface area contributed by atoms with Gasteiger partial charge in [-0.2, -0.15) is 0 Å². The lowest BCUT2D eigenvalue weighted by molar-refractivity contribution is -0.136. The summed E-state index contributed by atoms with van der Waals surface area (Å²) >= 11 is 0. The summed E-state index contributed by atoms with van der Waals surface area (Å²) in [5, 5.41) is 0. The van der Waals surface area contributed by atoms with E-state index in [1.54, 1.807) is 14.0 Å². The number of carbonyl (C=O) groups excluding carboxylic acids is 1. The minimum absolute atomic E-state index is 0.320. The average molecular weight is 282 g/mol. The van der Waals surface area contributed by atoms with Crippen molar-refractivity contribution in [3.05, 3.63) is 65.7 Å². The van der Waals surface area contributed by atoms with Gasteiger partial charge in [0.2, 0.25) is 0 Å². The van der Waals surface area contributed by atoms with Crippen molar-refractivity contribution in [3.8, 4) is 5.75 Å². The van der Waals surface area contributed by atoms with E-state index in [1.165, 1.54) is 0 Å². The highest BCUT2D eigenvalue weighted by Gasteiger charge is 2.12. The predicted molar refractivity (Wildman–Crippen MR) is 83.9 cm³/mol. The minimum atomic E-state index is -0.320. The molecule has 0 unspecified atom stereocenters. The maximum atomic E-state index is 12.2. The molecule has 21 heavy (non-hydrogen) atoms. The molecule has 0 aliphatic carbocycles. The summed E-state index contributed by atoms with van der Waals surface area (Å²) in [5.74, 6) is 0.462. The Balaban J connectivity index is 2.38. The van der Waals surface area contributed by atoms with Crippen LogP contribution < -0.4 is 4.74 Å². The number of esters is 1. The van der Waals surface area contributed by atoms with Crippen LogP contribution in [-0.2, 0) is 9.53 Å². The molecular weight excluding hydrogens is 264 g/mol. The van der Waals surface area contributed by atoms with Crippen LogP contribution in [0, 0.1) is 0 Å². The molecule has 0 saturated carbocycles. The Morgan fingerprint density at radius 2 is 1.71 bits per heavy atom. The molecule has 2 aromatic carbocycles. The zero-order chi connectivity index (χ0) is 15.1. The van der Waals surface area contributed by atoms with E-state index in [0.29, 0.717) is 12.2 Å². The molecule has 0 N–H and O–H groups in total. The maximum absolute atomic E-state index is 12.2. The SMILES string of the molecule is CCOC(=O)/C(=C/c1ccc(OC)cc1)c1ccccc1. The molecule has 0 aliphatic rings. The van der Waals surface area contributed by atoms with E-state index in [2.05, 4.69) is 0 Å². The molecule has 108 valence electrons. The third kappa shape index (κ3) is 3.96. The Morgan fingerprint density at radius 1 is 1.05 bits per heavy atom. The molecule has 0 saturated heterocycles.